The number of para-hydroxylation sites is 4. The van der Waals surface area contributed by atoms with Gasteiger partial charge in [-0.1, -0.05) is 172 Å². The number of H-pyrrole nitrogens is 1. The molecule has 0 unspecified atom stereocenters. The number of aromatic nitrogens is 4. The molecule has 14 aromatic rings. The van der Waals surface area contributed by atoms with Gasteiger partial charge < -0.3 is 13.8 Å². The number of aromatic amines is 1. The molecule has 0 radical (unpaired) electrons. The molecular weight excluding hydrogens is 916 g/mol. The number of hydrogen-bond donors (Lipinski definition) is 1. The summed E-state index contributed by atoms with van der Waals surface area (Å²) in [6, 6.07) is 73.2. The number of rotatable bonds is 6. The Kier molecular flexibility index (Phi) is 8.96. The van der Waals surface area contributed by atoms with Gasteiger partial charge in [-0.15, -0.1) is 0 Å². The third kappa shape index (κ3) is 6.47. The molecule has 10 aromatic carbocycles. The van der Waals surface area contributed by atoms with Gasteiger partial charge in [0.1, 0.15) is 22.3 Å². The van der Waals surface area contributed by atoms with E-state index >= 15 is 0 Å². The van der Waals surface area contributed by atoms with Crippen LogP contribution < -0.4 is 0 Å². The average molecular weight is 958 g/mol. The number of nitrogens with one attached hydrogen (secondary N) is 1. The fraction of sp³-hybridized carbons (Fsp3) is 0.0455. The topological polar surface area (TPSA) is 80.7 Å². The monoisotopic (exact) mass is 956 g/mol. The lowest BCUT2D eigenvalue weighted by atomic mass is 9.81. The van der Waals surface area contributed by atoms with E-state index in [1.54, 1.807) is 0 Å². The van der Waals surface area contributed by atoms with Gasteiger partial charge in [-0.25, -0.2) is 4.98 Å². The van der Waals surface area contributed by atoms with E-state index in [1.165, 1.54) is 44.2 Å². The highest BCUT2D eigenvalue weighted by Crippen LogP contribution is 2.53. The highest BCUT2D eigenvalue weighted by atomic mass is 35.5. The molecule has 0 saturated carbocycles. The zero-order valence-corrected chi connectivity index (χ0v) is 40.4. The van der Waals surface area contributed by atoms with Crippen LogP contribution in [0.4, 0.5) is 0 Å². The quantitative estimate of drug-likeness (QED) is 0.180. The van der Waals surface area contributed by atoms with Crippen molar-refractivity contribution in [3.63, 3.8) is 0 Å². The van der Waals surface area contributed by atoms with Crippen molar-refractivity contribution in [1.29, 1.82) is 0 Å². The van der Waals surface area contributed by atoms with Crippen molar-refractivity contribution in [2.24, 2.45) is 0 Å². The Morgan fingerprint density at radius 1 is 0.384 bits per heavy atom. The molecule has 6 nitrogen and oxygen atoms in total. The van der Waals surface area contributed by atoms with E-state index in [1.807, 2.05) is 48.5 Å². The molecule has 0 amide bonds. The number of hydrogen-bond acceptors (Lipinski definition) is 5. The van der Waals surface area contributed by atoms with E-state index in [0.717, 1.165) is 99.4 Å². The van der Waals surface area contributed by atoms with Crippen LogP contribution in [0, 0.1) is 0 Å². The summed E-state index contributed by atoms with van der Waals surface area (Å²) >= 11 is 6.59. The van der Waals surface area contributed by atoms with Gasteiger partial charge in [-0.2, -0.15) is 9.97 Å². The first-order chi connectivity index (χ1) is 35.8. The Morgan fingerprint density at radius 2 is 0.986 bits per heavy atom. The van der Waals surface area contributed by atoms with Crippen molar-refractivity contribution < 1.29 is 8.83 Å². The van der Waals surface area contributed by atoms with Crippen LogP contribution in [0.3, 0.4) is 0 Å². The molecule has 7 heteroatoms. The molecule has 1 aliphatic carbocycles. The molecule has 344 valence electrons. The van der Waals surface area contributed by atoms with Gasteiger partial charge in [0.2, 0.25) is 5.28 Å². The minimum atomic E-state index is -0.186. The van der Waals surface area contributed by atoms with Crippen LogP contribution in [-0.4, -0.2) is 19.9 Å². The van der Waals surface area contributed by atoms with E-state index in [-0.39, 0.29) is 10.7 Å². The van der Waals surface area contributed by atoms with E-state index in [0.29, 0.717) is 11.6 Å². The molecule has 15 rings (SSSR count). The number of benzene rings is 10. The number of halogens is 1. The van der Waals surface area contributed by atoms with Crippen molar-refractivity contribution in [3.05, 3.63) is 223 Å². The fourth-order valence-corrected chi connectivity index (χ4v) is 11.8. The molecule has 1 aliphatic rings. The van der Waals surface area contributed by atoms with Crippen molar-refractivity contribution in [3.8, 4) is 78.4 Å². The van der Waals surface area contributed by atoms with Crippen LogP contribution in [0.15, 0.2) is 215 Å². The Bertz CT molecular complexity index is 4620. The smallest absolute Gasteiger partial charge is 0.226 e. The summed E-state index contributed by atoms with van der Waals surface area (Å²) in [6.45, 7) is 4.67. The minimum Gasteiger partial charge on any atom is -0.456 e. The highest BCUT2D eigenvalue weighted by molar-refractivity contribution is 6.28. The van der Waals surface area contributed by atoms with Crippen LogP contribution in [0.25, 0.3) is 144 Å². The SMILES string of the molecule is CC1(C)c2ccc(-c3cccc(-c4cccc5c4[nH]c4ccc(-c6cccc7c6oc6ccccc67)cc45)c3)cc2-c2c(-c3ccc(-c4nc(Cl)nc(-c5ccc6c(c5)oc5ccccc56)n4)cc3)cccc21. The number of fused-ring (bicyclic) bond motifs is 12. The van der Waals surface area contributed by atoms with Crippen LogP contribution in [-0.2, 0) is 5.41 Å². The summed E-state index contributed by atoms with van der Waals surface area (Å²) < 4.78 is 12.6. The van der Waals surface area contributed by atoms with Crippen molar-refractivity contribution in [2.45, 2.75) is 19.3 Å². The number of nitrogens with zero attached hydrogens (tertiary/aromatic N) is 3. The Balaban J connectivity index is 0.763. The van der Waals surface area contributed by atoms with Gasteiger partial charge >= 0.3 is 0 Å². The van der Waals surface area contributed by atoms with Gasteiger partial charge in [0.05, 0.1) is 5.52 Å². The second kappa shape index (κ2) is 15.7. The predicted octanol–water partition coefficient (Wildman–Crippen LogP) is 18.3. The van der Waals surface area contributed by atoms with Crippen molar-refractivity contribution >= 4 is 77.3 Å². The minimum absolute atomic E-state index is 0.133. The molecule has 4 aromatic heterocycles. The molecular formula is C66H41ClN4O2. The average Bonchev–Trinajstić information content (AvgIpc) is 4.20. The predicted molar refractivity (Wildman–Crippen MR) is 299 cm³/mol. The standard InChI is InChI=1S/C66H41ClN4O2/c1-66(2)54-31-28-40(39-11-7-12-41(33-39)45-16-8-18-50-52-35-42(29-32-56(52)68-61(45)50)46-17-9-19-51-48-14-4-6-22-58(48)73-62(46)51)34-53(54)60-44(15-10-20-55(60)66)37-23-25-38(26-24-37)63-69-64(71-65(67)70-63)43-27-30-49-47-13-3-5-21-57(47)72-59(49)36-43/h3-36,68H,1-2H3. The van der Waals surface area contributed by atoms with E-state index < -0.39 is 0 Å². The molecule has 0 atom stereocenters. The number of furan rings is 2. The largest absolute Gasteiger partial charge is 0.456 e. The van der Waals surface area contributed by atoms with E-state index in [4.69, 9.17) is 25.4 Å². The van der Waals surface area contributed by atoms with Gasteiger partial charge in [0, 0.05) is 65.5 Å². The molecule has 4 heterocycles. The van der Waals surface area contributed by atoms with Crippen LogP contribution >= 0.6 is 11.6 Å². The summed E-state index contributed by atoms with van der Waals surface area (Å²) in [6.07, 6.45) is 0. The van der Waals surface area contributed by atoms with Crippen molar-refractivity contribution in [2.75, 3.05) is 0 Å². The third-order valence-corrected chi connectivity index (χ3v) is 15.4. The lowest BCUT2D eigenvalue weighted by Gasteiger charge is -2.22. The molecule has 0 spiro atoms. The lowest BCUT2D eigenvalue weighted by molar-refractivity contribution is 0.660. The van der Waals surface area contributed by atoms with E-state index in [2.05, 4.69) is 187 Å². The molecule has 0 fully saturated rings. The van der Waals surface area contributed by atoms with Crippen LogP contribution in [0.1, 0.15) is 25.0 Å². The summed E-state index contributed by atoms with van der Waals surface area (Å²) in [4.78, 5) is 17.8. The zero-order chi connectivity index (χ0) is 48.5. The summed E-state index contributed by atoms with van der Waals surface area (Å²) in [5, 5.41) is 6.88. The molecule has 73 heavy (non-hydrogen) atoms. The second-order valence-electron chi connectivity index (χ2n) is 19.7. The zero-order valence-electron chi connectivity index (χ0n) is 39.7. The Morgan fingerprint density at radius 3 is 1.84 bits per heavy atom. The molecule has 0 bridgehead atoms. The maximum absolute atomic E-state index is 6.59. The van der Waals surface area contributed by atoms with Crippen molar-refractivity contribution in [1.82, 2.24) is 19.9 Å². The second-order valence-corrected chi connectivity index (χ2v) is 20.1. The fourth-order valence-electron chi connectivity index (χ4n) is 11.7. The maximum atomic E-state index is 6.59. The van der Waals surface area contributed by atoms with Crippen LogP contribution in [0.2, 0.25) is 5.28 Å². The molecule has 1 N–H and O–H groups in total. The van der Waals surface area contributed by atoms with Gasteiger partial charge in [-0.3, -0.25) is 0 Å². The first kappa shape index (κ1) is 41.7. The van der Waals surface area contributed by atoms with Gasteiger partial charge in [-0.05, 0) is 116 Å². The van der Waals surface area contributed by atoms with E-state index in [9.17, 15) is 0 Å². The summed E-state index contributed by atoms with van der Waals surface area (Å²) in [5.74, 6) is 0.992. The molecule has 0 saturated heterocycles. The maximum Gasteiger partial charge on any atom is 0.226 e. The molecule has 0 aliphatic heterocycles. The normalized spacial score (nSPS) is 13.0. The Hall–Kier alpha value is -9.10. The summed E-state index contributed by atoms with van der Waals surface area (Å²) in [5.41, 5.74) is 21.4. The highest BCUT2D eigenvalue weighted by Gasteiger charge is 2.37. The van der Waals surface area contributed by atoms with Gasteiger partial charge in [0.25, 0.3) is 0 Å². The summed E-state index contributed by atoms with van der Waals surface area (Å²) in [7, 11) is 0. The van der Waals surface area contributed by atoms with Gasteiger partial charge in [0.15, 0.2) is 11.6 Å². The first-order valence-electron chi connectivity index (χ1n) is 24.6. The lowest BCUT2D eigenvalue weighted by Crippen LogP contribution is -2.14. The van der Waals surface area contributed by atoms with Crippen LogP contribution in [0.5, 0.6) is 0 Å². The first-order valence-corrected chi connectivity index (χ1v) is 25.0. The Labute approximate surface area is 424 Å². The third-order valence-electron chi connectivity index (χ3n) is 15.3.